The van der Waals surface area contributed by atoms with Gasteiger partial charge in [-0.1, -0.05) is 17.7 Å². The van der Waals surface area contributed by atoms with Gasteiger partial charge in [0.1, 0.15) is 6.61 Å². The molecule has 0 aliphatic carbocycles. The number of aromatic nitrogens is 2. The molecule has 26 heavy (non-hydrogen) atoms. The first-order valence-corrected chi connectivity index (χ1v) is 7.78. The van der Waals surface area contributed by atoms with E-state index in [-0.39, 0.29) is 52.6 Å². The number of carbonyl (C=O) groups is 1. The average molecular weight is 382 g/mol. The van der Waals surface area contributed by atoms with Gasteiger partial charge in [-0.2, -0.15) is 0 Å². The predicted octanol–water partition coefficient (Wildman–Crippen LogP) is 2.92. The number of nitrogens with two attached hydrogens (primary N) is 1. The van der Waals surface area contributed by atoms with Crippen LogP contribution in [0.2, 0.25) is 5.02 Å². The minimum atomic E-state index is -0.772. The van der Waals surface area contributed by atoms with Gasteiger partial charge in [-0.15, -0.1) is 6.58 Å². The van der Waals surface area contributed by atoms with Crippen molar-refractivity contribution in [3.63, 3.8) is 0 Å². The van der Waals surface area contributed by atoms with Crippen molar-refractivity contribution in [1.82, 2.24) is 9.97 Å². The Bertz CT molecular complexity index is 845. The molecule has 0 aliphatic rings. The smallest absolute Gasteiger partial charge is 0.210 e. The van der Waals surface area contributed by atoms with Gasteiger partial charge in [-0.3, -0.25) is 4.79 Å². The fourth-order valence-corrected chi connectivity index (χ4v) is 2.40. The number of nitrogens with zero attached hydrogens (tertiary/aromatic N) is 2. The number of benzene rings is 1. The molecule has 9 heteroatoms. The molecule has 7 nitrogen and oxygen atoms in total. The van der Waals surface area contributed by atoms with E-state index in [1.165, 1.54) is 32.4 Å². The van der Waals surface area contributed by atoms with Gasteiger partial charge in [0.2, 0.25) is 5.78 Å². The number of hydrogen-bond donors (Lipinski definition) is 1. The van der Waals surface area contributed by atoms with Gasteiger partial charge in [0.05, 0.1) is 31.4 Å². The summed E-state index contributed by atoms with van der Waals surface area (Å²) in [5.41, 5.74) is 5.70. The lowest BCUT2D eigenvalue weighted by Gasteiger charge is -2.13. The van der Waals surface area contributed by atoms with Gasteiger partial charge >= 0.3 is 0 Å². The van der Waals surface area contributed by atoms with E-state index in [1.54, 1.807) is 0 Å². The zero-order chi connectivity index (χ0) is 19.3. The lowest BCUT2D eigenvalue weighted by molar-refractivity contribution is 0.0798. The van der Waals surface area contributed by atoms with E-state index < -0.39 is 11.6 Å². The van der Waals surface area contributed by atoms with Crippen molar-refractivity contribution in [3.05, 3.63) is 41.3 Å². The molecule has 0 saturated carbocycles. The summed E-state index contributed by atoms with van der Waals surface area (Å²) in [5, 5.41) is 0.0874. The molecule has 2 rings (SSSR count). The van der Waals surface area contributed by atoms with E-state index in [4.69, 9.17) is 31.5 Å². The summed E-state index contributed by atoms with van der Waals surface area (Å²) in [5.74, 6) is -1.67. The number of ether oxygens (including phenoxy) is 3. The number of methoxy groups -OCH3 is 2. The first-order valence-electron chi connectivity index (χ1n) is 7.40. The number of halogens is 2. The highest BCUT2D eigenvalue weighted by Crippen LogP contribution is 2.35. The number of ketones is 1. The number of hydrogen-bond acceptors (Lipinski definition) is 7. The van der Waals surface area contributed by atoms with Gasteiger partial charge in [-0.05, 0) is 12.1 Å². The quantitative estimate of drug-likeness (QED) is 0.426. The molecule has 0 spiro atoms. The molecule has 0 unspecified atom stereocenters. The molecule has 0 aliphatic heterocycles. The molecule has 0 bridgehead atoms. The first-order chi connectivity index (χ1) is 12.4. The molecule has 1 aromatic carbocycles. The zero-order valence-corrected chi connectivity index (χ0v) is 15.0. The Labute approximate surface area is 154 Å². The van der Waals surface area contributed by atoms with E-state index in [2.05, 4.69) is 16.5 Å². The summed E-state index contributed by atoms with van der Waals surface area (Å²) < 4.78 is 29.8. The van der Waals surface area contributed by atoms with Crippen LogP contribution in [0.4, 0.5) is 10.2 Å². The van der Waals surface area contributed by atoms with Crippen molar-refractivity contribution in [2.75, 3.05) is 33.2 Å². The van der Waals surface area contributed by atoms with Gasteiger partial charge in [0.25, 0.3) is 0 Å². The molecule has 1 heterocycles. The van der Waals surface area contributed by atoms with Crippen LogP contribution in [-0.4, -0.2) is 43.2 Å². The van der Waals surface area contributed by atoms with Crippen molar-refractivity contribution in [2.45, 2.75) is 0 Å². The fraction of sp³-hybridized carbons (Fsp3) is 0.235. The van der Waals surface area contributed by atoms with Crippen LogP contribution in [0.3, 0.4) is 0 Å². The second-order valence-electron chi connectivity index (χ2n) is 4.98. The summed E-state index contributed by atoms with van der Waals surface area (Å²) in [6, 6.07) is 2.79. The lowest BCUT2D eigenvalue weighted by Crippen LogP contribution is -2.15. The van der Waals surface area contributed by atoms with Crippen LogP contribution < -0.4 is 15.2 Å². The van der Waals surface area contributed by atoms with Crippen LogP contribution in [-0.2, 0) is 4.74 Å². The summed E-state index contributed by atoms with van der Waals surface area (Å²) in [4.78, 5) is 20.5. The molecule has 0 saturated heterocycles. The molecular formula is C17H17ClFN3O4. The monoisotopic (exact) mass is 381 g/mol. The molecule has 0 amide bonds. The average Bonchev–Trinajstić information content (AvgIpc) is 2.61. The second kappa shape index (κ2) is 8.59. The zero-order valence-electron chi connectivity index (χ0n) is 14.2. The molecule has 0 radical (unpaired) electrons. The van der Waals surface area contributed by atoms with E-state index in [9.17, 15) is 9.18 Å². The van der Waals surface area contributed by atoms with E-state index >= 15 is 0 Å². The van der Waals surface area contributed by atoms with E-state index in [0.717, 1.165) is 0 Å². The highest BCUT2D eigenvalue weighted by Gasteiger charge is 2.23. The fourth-order valence-electron chi connectivity index (χ4n) is 2.17. The van der Waals surface area contributed by atoms with Crippen LogP contribution in [0, 0.1) is 5.82 Å². The van der Waals surface area contributed by atoms with Crippen LogP contribution in [0.1, 0.15) is 10.5 Å². The van der Waals surface area contributed by atoms with Gasteiger partial charge in [0.15, 0.2) is 34.7 Å². The molecule has 1 aromatic heterocycles. The van der Waals surface area contributed by atoms with Gasteiger partial charge in [0, 0.05) is 0 Å². The SMILES string of the molecule is C=CCOCC(=O)c1nc(-c2ccc(Cl)c(OC)c2F)nc(N)c1OC. The maximum absolute atomic E-state index is 14.6. The molecular weight excluding hydrogens is 365 g/mol. The summed E-state index contributed by atoms with van der Waals surface area (Å²) in [7, 11) is 2.60. The molecule has 2 aromatic rings. The summed E-state index contributed by atoms with van der Waals surface area (Å²) in [6.45, 7) is 3.41. The van der Waals surface area contributed by atoms with Crippen molar-refractivity contribution in [1.29, 1.82) is 0 Å². The largest absolute Gasteiger partial charge is 0.492 e. The third-order valence-electron chi connectivity index (χ3n) is 3.32. The minimum Gasteiger partial charge on any atom is -0.492 e. The third kappa shape index (κ3) is 3.92. The Morgan fingerprint density at radius 3 is 2.62 bits per heavy atom. The number of nitrogen functional groups attached to an aromatic ring is 1. The minimum absolute atomic E-state index is 0.0118. The lowest BCUT2D eigenvalue weighted by atomic mass is 10.1. The summed E-state index contributed by atoms with van der Waals surface area (Å²) >= 11 is 5.89. The predicted molar refractivity (Wildman–Crippen MR) is 95.3 cm³/mol. The topological polar surface area (TPSA) is 96.6 Å². The van der Waals surface area contributed by atoms with Crippen LogP contribution in [0.5, 0.6) is 11.5 Å². The number of carbonyl (C=O) groups excluding carboxylic acids is 1. The normalized spacial score (nSPS) is 10.5. The Hall–Kier alpha value is -2.71. The number of Topliss-reactive ketones (excluding diaryl/α,β-unsaturated/α-hetero) is 1. The van der Waals surface area contributed by atoms with Crippen molar-refractivity contribution >= 4 is 23.2 Å². The van der Waals surface area contributed by atoms with Crippen LogP contribution in [0.15, 0.2) is 24.8 Å². The molecule has 138 valence electrons. The first kappa shape index (κ1) is 19.6. The van der Waals surface area contributed by atoms with Crippen molar-refractivity contribution < 1.29 is 23.4 Å². The Kier molecular flexibility index (Phi) is 6.48. The highest BCUT2D eigenvalue weighted by atomic mass is 35.5. The van der Waals surface area contributed by atoms with Crippen molar-refractivity contribution in [2.24, 2.45) is 0 Å². The van der Waals surface area contributed by atoms with Crippen molar-refractivity contribution in [3.8, 4) is 22.9 Å². The number of anilines is 1. The molecule has 0 atom stereocenters. The molecule has 0 fully saturated rings. The third-order valence-corrected chi connectivity index (χ3v) is 3.62. The summed E-state index contributed by atoms with van der Waals surface area (Å²) in [6.07, 6.45) is 1.50. The van der Waals surface area contributed by atoms with Gasteiger partial charge < -0.3 is 19.9 Å². The maximum atomic E-state index is 14.6. The molecule has 2 N–H and O–H groups in total. The maximum Gasteiger partial charge on any atom is 0.210 e. The highest BCUT2D eigenvalue weighted by molar-refractivity contribution is 6.32. The Morgan fingerprint density at radius 2 is 2.00 bits per heavy atom. The van der Waals surface area contributed by atoms with Gasteiger partial charge in [-0.25, -0.2) is 14.4 Å². The Morgan fingerprint density at radius 1 is 1.31 bits per heavy atom. The number of rotatable bonds is 8. The van der Waals surface area contributed by atoms with Crippen LogP contribution >= 0.6 is 11.6 Å². The van der Waals surface area contributed by atoms with E-state index in [1.807, 2.05) is 0 Å². The van der Waals surface area contributed by atoms with E-state index in [0.29, 0.717) is 0 Å². The second-order valence-corrected chi connectivity index (χ2v) is 5.39. The standard InChI is InChI=1S/C17H17ClFN3O4/c1-4-7-26-8-11(23)13-15(25-3)16(20)22-17(21-13)9-5-6-10(18)14(24-2)12(9)19/h4-6H,1,7-8H2,2-3H3,(H2,20,21,22). The van der Waals surface area contributed by atoms with Crippen LogP contribution in [0.25, 0.3) is 11.4 Å². The Balaban J connectivity index is 2.55.